The molecule has 0 fully saturated rings. The van der Waals surface area contributed by atoms with E-state index in [1.54, 1.807) is 24.9 Å². The van der Waals surface area contributed by atoms with Crippen molar-refractivity contribution in [2.24, 2.45) is 0 Å². The SMILES string of the molecule is COc1ccc(-c2nc3nc(N)cc(Cl)n3c2-c2ccc(SC)cc2)cc1. The number of aromatic nitrogens is 3. The third kappa shape index (κ3) is 3.22. The second-order valence-electron chi connectivity index (χ2n) is 5.91. The molecule has 4 aromatic rings. The van der Waals surface area contributed by atoms with E-state index < -0.39 is 0 Å². The average Bonchev–Trinajstić information content (AvgIpc) is 3.07. The number of hydrogen-bond acceptors (Lipinski definition) is 5. The van der Waals surface area contributed by atoms with Crippen molar-refractivity contribution in [2.75, 3.05) is 19.1 Å². The van der Waals surface area contributed by atoms with Crippen LogP contribution in [0.5, 0.6) is 5.75 Å². The van der Waals surface area contributed by atoms with Crippen molar-refractivity contribution in [3.63, 3.8) is 0 Å². The van der Waals surface area contributed by atoms with Crippen LogP contribution in [0.25, 0.3) is 28.3 Å². The van der Waals surface area contributed by atoms with E-state index in [1.807, 2.05) is 28.7 Å². The summed E-state index contributed by atoms with van der Waals surface area (Å²) in [7, 11) is 1.64. The van der Waals surface area contributed by atoms with Gasteiger partial charge in [-0.15, -0.1) is 11.8 Å². The van der Waals surface area contributed by atoms with Crippen LogP contribution in [0.2, 0.25) is 5.15 Å². The molecular formula is C20H17ClN4OS. The molecule has 0 saturated carbocycles. The molecule has 7 heteroatoms. The maximum absolute atomic E-state index is 6.50. The molecular weight excluding hydrogens is 380 g/mol. The lowest BCUT2D eigenvalue weighted by Crippen LogP contribution is -1.98. The molecule has 27 heavy (non-hydrogen) atoms. The minimum Gasteiger partial charge on any atom is -0.497 e. The van der Waals surface area contributed by atoms with Crippen LogP contribution in [-0.2, 0) is 0 Å². The molecule has 0 aliphatic rings. The summed E-state index contributed by atoms with van der Waals surface area (Å²) in [4.78, 5) is 10.3. The molecule has 0 unspecified atom stereocenters. The minimum absolute atomic E-state index is 0.336. The first-order chi connectivity index (χ1) is 13.1. The van der Waals surface area contributed by atoms with Crippen LogP contribution in [0.3, 0.4) is 0 Å². The number of thioether (sulfide) groups is 1. The van der Waals surface area contributed by atoms with Gasteiger partial charge in [0, 0.05) is 22.1 Å². The molecule has 0 aliphatic carbocycles. The highest BCUT2D eigenvalue weighted by Gasteiger charge is 2.19. The van der Waals surface area contributed by atoms with Crippen molar-refractivity contribution in [1.29, 1.82) is 0 Å². The highest BCUT2D eigenvalue weighted by molar-refractivity contribution is 7.98. The zero-order chi connectivity index (χ0) is 19.0. The second kappa shape index (κ2) is 7.13. The summed E-state index contributed by atoms with van der Waals surface area (Å²) in [5.74, 6) is 1.59. The number of fused-ring (bicyclic) bond motifs is 1. The van der Waals surface area contributed by atoms with Crippen molar-refractivity contribution >= 4 is 35.0 Å². The molecule has 2 heterocycles. The molecule has 2 N–H and O–H groups in total. The Bertz CT molecular complexity index is 1110. The van der Waals surface area contributed by atoms with Gasteiger partial charge in [0.05, 0.1) is 18.5 Å². The van der Waals surface area contributed by atoms with Gasteiger partial charge in [0.25, 0.3) is 0 Å². The number of hydrogen-bond donors (Lipinski definition) is 1. The van der Waals surface area contributed by atoms with E-state index in [1.165, 1.54) is 4.90 Å². The smallest absolute Gasteiger partial charge is 0.238 e. The van der Waals surface area contributed by atoms with E-state index in [0.717, 1.165) is 28.3 Å². The fourth-order valence-electron chi connectivity index (χ4n) is 2.99. The number of anilines is 1. The minimum atomic E-state index is 0.336. The van der Waals surface area contributed by atoms with Gasteiger partial charge in [-0.3, -0.25) is 4.40 Å². The Morgan fingerprint density at radius 1 is 1.00 bits per heavy atom. The largest absolute Gasteiger partial charge is 0.497 e. The summed E-state index contributed by atoms with van der Waals surface area (Å²) in [6, 6.07) is 17.7. The Kier molecular flexibility index (Phi) is 4.68. The second-order valence-corrected chi connectivity index (χ2v) is 7.17. The number of halogens is 1. The van der Waals surface area contributed by atoms with Crippen LogP contribution in [0.4, 0.5) is 5.82 Å². The van der Waals surface area contributed by atoms with Crippen LogP contribution in [0.15, 0.2) is 59.5 Å². The molecule has 136 valence electrons. The van der Waals surface area contributed by atoms with Crippen molar-refractivity contribution in [3.8, 4) is 28.3 Å². The topological polar surface area (TPSA) is 65.4 Å². The Morgan fingerprint density at radius 3 is 2.30 bits per heavy atom. The molecule has 2 aromatic carbocycles. The normalized spacial score (nSPS) is 11.1. The van der Waals surface area contributed by atoms with Crippen LogP contribution in [-0.4, -0.2) is 27.7 Å². The summed E-state index contributed by atoms with van der Waals surface area (Å²) in [5.41, 5.74) is 9.47. The van der Waals surface area contributed by atoms with E-state index in [9.17, 15) is 0 Å². The van der Waals surface area contributed by atoms with Crippen molar-refractivity contribution in [2.45, 2.75) is 4.90 Å². The molecule has 0 atom stereocenters. The van der Waals surface area contributed by atoms with E-state index in [2.05, 4.69) is 35.5 Å². The van der Waals surface area contributed by atoms with Crippen LogP contribution in [0, 0.1) is 0 Å². The van der Waals surface area contributed by atoms with Gasteiger partial charge in [0.15, 0.2) is 0 Å². The lowest BCUT2D eigenvalue weighted by atomic mass is 10.0. The van der Waals surface area contributed by atoms with Crippen molar-refractivity contribution < 1.29 is 4.74 Å². The average molecular weight is 397 g/mol. The first-order valence-corrected chi connectivity index (χ1v) is 9.84. The van der Waals surface area contributed by atoms with Crippen molar-refractivity contribution in [1.82, 2.24) is 14.4 Å². The molecule has 4 rings (SSSR count). The number of benzene rings is 2. The summed E-state index contributed by atoms with van der Waals surface area (Å²) in [6.07, 6.45) is 2.05. The maximum Gasteiger partial charge on any atom is 0.238 e. The predicted molar refractivity (Wildman–Crippen MR) is 112 cm³/mol. The Hall–Kier alpha value is -2.70. The number of ether oxygens (including phenoxy) is 1. The monoisotopic (exact) mass is 396 g/mol. The number of methoxy groups -OCH3 is 1. The lowest BCUT2D eigenvalue weighted by molar-refractivity contribution is 0.415. The van der Waals surface area contributed by atoms with E-state index >= 15 is 0 Å². The molecule has 0 amide bonds. The van der Waals surface area contributed by atoms with Gasteiger partial charge in [-0.2, -0.15) is 4.98 Å². The van der Waals surface area contributed by atoms with E-state index in [0.29, 0.717) is 16.7 Å². The number of rotatable bonds is 4. The zero-order valence-corrected chi connectivity index (χ0v) is 16.4. The molecule has 0 saturated heterocycles. The summed E-state index contributed by atoms with van der Waals surface area (Å²) in [6.45, 7) is 0. The highest BCUT2D eigenvalue weighted by Crippen LogP contribution is 2.36. The quantitative estimate of drug-likeness (QED) is 0.387. The van der Waals surface area contributed by atoms with Gasteiger partial charge in [0.1, 0.15) is 16.7 Å². The number of imidazole rings is 1. The summed E-state index contributed by atoms with van der Waals surface area (Å²) < 4.78 is 7.09. The highest BCUT2D eigenvalue weighted by atomic mass is 35.5. The number of nitrogens with two attached hydrogens (primary N) is 1. The molecule has 0 spiro atoms. The van der Waals surface area contributed by atoms with Gasteiger partial charge in [-0.05, 0) is 42.7 Å². The fraction of sp³-hybridized carbons (Fsp3) is 0.100. The summed E-state index contributed by atoms with van der Waals surface area (Å²) >= 11 is 8.20. The Morgan fingerprint density at radius 2 is 1.67 bits per heavy atom. The van der Waals surface area contributed by atoms with E-state index in [4.69, 9.17) is 27.1 Å². The van der Waals surface area contributed by atoms with Crippen LogP contribution >= 0.6 is 23.4 Å². The first kappa shape index (κ1) is 17.7. The lowest BCUT2D eigenvalue weighted by Gasteiger charge is -2.08. The molecule has 0 bridgehead atoms. The molecule has 0 aliphatic heterocycles. The fourth-order valence-corrected chi connectivity index (χ4v) is 3.67. The van der Waals surface area contributed by atoms with Crippen LogP contribution in [0.1, 0.15) is 0 Å². The first-order valence-electron chi connectivity index (χ1n) is 8.24. The Labute approximate surface area is 166 Å². The number of nitrogen functional groups attached to an aromatic ring is 1. The van der Waals surface area contributed by atoms with Gasteiger partial charge < -0.3 is 10.5 Å². The summed E-state index contributed by atoms with van der Waals surface area (Å²) in [5, 5.41) is 0.466. The third-order valence-electron chi connectivity index (χ3n) is 4.30. The van der Waals surface area contributed by atoms with Gasteiger partial charge in [-0.25, -0.2) is 4.98 Å². The number of nitrogens with zero attached hydrogens (tertiary/aromatic N) is 3. The Balaban J connectivity index is 2.00. The zero-order valence-electron chi connectivity index (χ0n) is 14.8. The maximum atomic E-state index is 6.50. The van der Waals surface area contributed by atoms with Gasteiger partial charge >= 0.3 is 0 Å². The molecule has 2 aromatic heterocycles. The van der Waals surface area contributed by atoms with Gasteiger partial charge in [-0.1, -0.05) is 23.7 Å². The predicted octanol–water partition coefficient (Wildman–Crippen LogP) is 5.03. The van der Waals surface area contributed by atoms with E-state index in [-0.39, 0.29) is 0 Å². The molecule has 0 radical (unpaired) electrons. The van der Waals surface area contributed by atoms with Crippen molar-refractivity contribution in [3.05, 3.63) is 59.8 Å². The molecule has 5 nitrogen and oxygen atoms in total. The van der Waals surface area contributed by atoms with Crippen LogP contribution < -0.4 is 10.5 Å². The standard InChI is InChI=1S/C20H17ClN4OS/c1-26-14-7-3-12(4-8-14)18-19(13-5-9-15(27-2)10-6-13)25-16(21)11-17(22)23-20(25)24-18/h3-11H,1-2H3,(H2,22,23,24). The third-order valence-corrected chi connectivity index (χ3v) is 5.32. The van der Waals surface area contributed by atoms with Gasteiger partial charge in [0.2, 0.25) is 5.78 Å².